The molecule has 0 saturated heterocycles. The summed E-state index contributed by atoms with van der Waals surface area (Å²) in [5, 5.41) is 0. The van der Waals surface area contributed by atoms with Crippen LogP contribution in [0.4, 0.5) is 0 Å². The number of hydrogen-bond acceptors (Lipinski definition) is 0. The molecule has 2 aromatic rings. The van der Waals surface area contributed by atoms with Crippen molar-refractivity contribution in [2.45, 2.75) is 216 Å². The summed E-state index contributed by atoms with van der Waals surface area (Å²) in [5.41, 5.74) is 28.8. The Balaban J connectivity index is 2.25. The highest BCUT2D eigenvalue weighted by atomic mass is 15.2. The molecule has 284 valence electrons. The number of hydrogen-bond donors (Lipinski definition) is 0. The molecule has 0 atom stereocenters. The smallest absolute Gasteiger partial charge is 0.211 e. The molecular weight excluding hydrogens is 617 g/mol. The van der Waals surface area contributed by atoms with Gasteiger partial charge in [-0.15, -0.1) is 0 Å². The summed E-state index contributed by atoms with van der Waals surface area (Å²) in [4.78, 5) is 0. The Bertz CT molecular complexity index is 1360. The normalized spacial score (nSPS) is 13.4. The lowest BCUT2D eigenvalue weighted by Crippen LogP contribution is -2.08. The maximum Gasteiger partial charge on any atom is 0.211 e. The fraction of sp³-hybridized carbons (Fsp3) is 0.673. The zero-order chi connectivity index (χ0) is 37.0. The van der Waals surface area contributed by atoms with Crippen LogP contribution in [0.5, 0.6) is 0 Å². The van der Waals surface area contributed by atoms with Crippen molar-refractivity contribution in [3.8, 4) is 0 Å². The van der Waals surface area contributed by atoms with Crippen LogP contribution in [0.2, 0.25) is 0 Å². The second-order valence-corrected chi connectivity index (χ2v) is 16.0. The highest BCUT2D eigenvalue weighted by molar-refractivity contribution is 5.83. The molecule has 1 aliphatic rings. The summed E-state index contributed by atoms with van der Waals surface area (Å²) in [6, 6.07) is 9.76. The Kier molecular flexibility index (Phi) is 20.2. The first-order valence-corrected chi connectivity index (χ1v) is 22.0. The van der Waals surface area contributed by atoms with Gasteiger partial charge in [-0.25, -0.2) is 4.70 Å². The molecule has 0 spiro atoms. The summed E-state index contributed by atoms with van der Waals surface area (Å²) in [5.74, 6) is 0. The highest BCUT2D eigenvalue weighted by Crippen LogP contribution is 2.46. The fourth-order valence-electron chi connectivity index (χ4n) is 8.33. The molecule has 1 heterocycles. The van der Waals surface area contributed by atoms with Crippen LogP contribution in [-0.4, -0.2) is 4.70 Å². The SMILES string of the molecule is CCCCCCC1=C(c2cc(C)c(C)c(C)c2)[N+](=[N-])C(c2cc(CCCCCC)c(CCCCCC)c(CCCCCC)c2)=C1CCCCCC. The van der Waals surface area contributed by atoms with E-state index in [0.29, 0.717) is 0 Å². The molecule has 2 aromatic carbocycles. The monoisotopic (exact) mass is 695 g/mol. The molecule has 0 aliphatic carbocycles. The van der Waals surface area contributed by atoms with Crippen molar-refractivity contribution in [3.05, 3.63) is 85.5 Å². The molecule has 2 nitrogen and oxygen atoms in total. The van der Waals surface area contributed by atoms with Gasteiger partial charge in [0.05, 0.1) is 0 Å². The third-order valence-corrected chi connectivity index (χ3v) is 11.7. The van der Waals surface area contributed by atoms with Gasteiger partial charge in [0.15, 0.2) is 0 Å². The summed E-state index contributed by atoms with van der Waals surface area (Å²) in [6.07, 6.45) is 31.0. The van der Waals surface area contributed by atoms with Crippen molar-refractivity contribution in [1.82, 2.24) is 0 Å². The Morgan fingerprint density at radius 3 is 1.12 bits per heavy atom. The first kappa shape index (κ1) is 42.9. The maximum absolute atomic E-state index is 12.6. The van der Waals surface area contributed by atoms with E-state index in [0.717, 1.165) is 37.1 Å². The lowest BCUT2D eigenvalue weighted by atomic mass is 9.86. The summed E-state index contributed by atoms with van der Waals surface area (Å²) in [6.45, 7) is 18.3. The summed E-state index contributed by atoms with van der Waals surface area (Å²) >= 11 is 0. The van der Waals surface area contributed by atoms with E-state index in [1.165, 1.54) is 174 Å². The lowest BCUT2D eigenvalue weighted by Gasteiger charge is -2.19. The van der Waals surface area contributed by atoms with Gasteiger partial charge in [-0.2, -0.15) is 0 Å². The molecule has 2 heteroatoms. The third kappa shape index (κ3) is 12.9. The zero-order valence-electron chi connectivity index (χ0n) is 34.9. The van der Waals surface area contributed by atoms with Crippen LogP contribution in [0, 0.1) is 20.8 Å². The molecule has 0 amide bonds. The van der Waals surface area contributed by atoms with Gasteiger partial charge in [0.2, 0.25) is 11.4 Å². The minimum absolute atomic E-state index is 1.04. The fourth-order valence-corrected chi connectivity index (χ4v) is 8.33. The minimum atomic E-state index is 1.04. The van der Waals surface area contributed by atoms with Crippen molar-refractivity contribution in [2.75, 3.05) is 0 Å². The van der Waals surface area contributed by atoms with Gasteiger partial charge < -0.3 is 5.53 Å². The molecule has 0 radical (unpaired) electrons. The zero-order valence-corrected chi connectivity index (χ0v) is 34.9. The van der Waals surface area contributed by atoms with E-state index < -0.39 is 0 Å². The van der Waals surface area contributed by atoms with Crippen LogP contribution < -0.4 is 0 Å². The van der Waals surface area contributed by atoms with Gasteiger partial charge in [-0.1, -0.05) is 131 Å². The van der Waals surface area contributed by atoms with E-state index in [4.69, 9.17) is 0 Å². The van der Waals surface area contributed by atoms with E-state index in [9.17, 15) is 5.53 Å². The molecule has 1 aliphatic heterocycles. The van der Waals surface area contributed by atoms with Crippen molar-refractivity contribution in [3.63, 3.8) is 0 Å². The quantitative estimate of drug-likeness (QED) is 0.0657. The molecule has 0 fully saturated rings. The van der Waals surface area contributed by atoms with Gasteiger partial charge in [0.1, 0.15) is 0 Å². The predicted molar refractivity (Wildman–Crippen MR) is 226 cm³/mol. The molecule has 51 heavy (non-hydrogen) atoms. The second kappa shape index (κ2) is 24.0. The van der Waals surface area contributed by atoms with Gasteiger partial charge in [0, 0.05) is 22.3 Å². The standard InChI is InChI=1S/C49H78N2/c1-9-14-19-24-29-41-36-44(37-42(30-25-20-15-10-2)45(41)31-26-21-16-11-3)49-47(33-28-23-18-13-5)46(32-27-22-17-12-4)48(51(49)50)43-34-38(6)40(8)39(7)35-43/h34-37H,9-33H2,1-8H3. The van der Waals surface area contributed by atoms with Gasteiger partial charge in [0.25, 0.3) is 0 Å². The largest absolute Gasteiger partial charge is 0.493 e. The van der Waals surface area contributed by atoms with Gasteiger partial charge in [-0.3, -0.25) is 0 Å². The van der Waals surface area contributed by atoms with Gasteiger partial charge in [-0.05, 0) is 143 Å². The first-order chi connectivity index (χ1) is 24.8. The molecular formula is C49H78N2. The van der Waals surface area contributed by atoms with E-state index in [1.807, 2.05) is 0 Å². The topological polar surface area (TPSA) is 25.3 Å². The average molecular weight is 695 g/mol. The van der Waals surface area contributed by atoms with Crippen LogP contribution in [0.1, 0.15) is 220 Å². The van der Waals surface area contributed by atoms with Crippen molar-refractivity contribution in [1.29, 1.82) is 0 Å². The Labute approximate surface area is 316 Å². The minimum Gasteiger partial charge on any atom is -0.493 e. The summed E-state index contributed by atoms with van der Waals surface area (Å²) < 4.78 is 1.67. The van der Waals surface area contributed by atoms with Gasteiger partial charge >= 0.3 is 0 Å². The molecule has 0 saturated carbocycles. The summed E-state index contributed by atoms with van der Waals surface area (Å²) in [7, 11) is 0. The van der Waals surface area contributed by atoms with Crippen molar-refractivity contribution in [2.24, 2.45) is 0 Å². The predicted octanol–water partition coefficient (Wildman–Crippen LogP) is 16.1. The maximum atomic E-state index is 12.6. The molecule has 0 aromatic heterocycles. The third-order valence-electron chi connectivity index (χ3n) is 11.7. The number of aryl methyl sites for hydroxylation is 4. The highest BCUT2D eigenvalue weighted by Gasteiger charge is 2.36. The molecule has 0 N–H and O–H groups in total. The van der Waals surface area contributed by atoms with E-state index in [2.05, 4.69) is 79.7 Å². The second-order valence-electron chi connectivity index (χ2n) is 16.0. The average Bonchev–Trinajstić information content (AvgIpc) is 3.40. The van der Waals surface area contributed by atoms with Crippen LogP contribution in [0.25, 0.3) is 16.9 Å². The Morgan fingerprint density at radius 1 is 0.412 bits per heavy atom. The van der Waals surface area contributed by atoms with E-state index in [1.54, 1.807) is 21.4 Å². The Hall–Kier alpha value is -2.48. The molecule has 0 unspecified atom stereocenters. The van der Waals surface area contributed by atoms with Crippen molar-refractivity contribution < 1.29 is 4.70 Å². The first-order valence-electron chi connectivity index (χ1n) is 22.0. The van der Waals surface area contributed by atoms with Crippen molar-refractivity contribution >= 4 is 11.4 Å². The van der Waals surface area contributed by atoms with Crippen LogP contribution >= 0.6 is 0 Å². The Morgan fingerprint density at radius 2 is 0.745 bits per heavy atom. The van der Waals surface area contributed by atoms with Crippen LogP contribution in [0.3, 0.4) is 0 Å². The number of rotatable bonds is 27. The van der Waals surface area contributed by atoms with Crippen LogP contribution in [-0.2, 0) is 19.3 Å². The van der Waals surface area contributed by atoms with Crippen LogP contribution in [0.15, 0.2) is 35.4 Å². The number of benzene rings is 2. The molecule has 3 rings (SSSR count). The number of unbranched alkanes of at least 4 members (excludes halogenated alkanes) is 15. The van der Waals surface area contributed by atoms with E-state index >= 15 is 0 Å². The number of nitrogens with zero attached hydrogens (tertiary/aromatic N) is 2. The molecule has 0 bridgehead atoms. The lowest BCUT2D eigenvalue weighted by molar-refractivity contribution is -0.345. The van der Waals surface area contributed by atoms with E-state index in [-0.39, 0.29) is 0 Å². The number of allylic oxidation sites excluding steroid dienone is 2.